The van der Waals surface area contributed by atoms with E-state index in [4.69, 9.17) is 18.0 Å². The van der Waals surface area contributed by atoms with Crippen molar-refractivity contribution >= 4 is 28.8 Å². The van der Waals surface area contributed by atoms with Gasteiger partial charge in [0, 0.05) is 17.3 Å². The van der Waals surface area contributed by atoms with Crippen molar-refractivity contribution in [3.63, 3.8) is 0 Å². The Morgan fingerprint density at radius 3 is 2.83 bits per heavy atom. The zero-order valence-corrected chi connectivity index (χ0v) is 10.5. The molecule has 0 atom stereocenters. The lowest BCUT2D eigenvalue weighted by Crippen LogP contribution is -2.31. The summed E-state index contributed by atoms with van der Waals surface area (Å²) in [5.41, 5.74) is 6.48. The average molecular weight is 267 g/mol. The highest BCUT2D eigenvalue weighted by Gasteiger charge is 2.22. The fraction of sp³-hybridized carbons (Fsp3) is 0.333. The molecule has 1 fully saturated rings. The number of hydrogen-bond donors (Lipinski definition) is 3. The molecule has 1 aliphatic carbocycles. The summed E-state index contributed by atoms with van der Waals surface area (Å²) in [5.74, 6) is -0.499. The van der Waals surface area contributed by atoms with Crippen molar-refractivity contribution in [3.8, 4) is 0 Å². The highest BCUT2D eigenvalue weighted by Crippen LogP contribution is 2.19. The van der Waals surface area contributed by atoms with Crippen molar-refractivity contribution in [1.29, 1.82) is 0 Å². The van der Waals surface area contributed by atoms with Crippen LogP contribution >= 0.6 is 12.2 Å². The summed E-state index contributed by atoms with van der Waals surface area (Å²) in [6, 6.07) is 4.39. The van der Waals surface area contributed by atoms with E-state index in [2.05, 4.69) is 10.6 Å². The molecule has 0 heterocycles. The van der Waals surface area contributed by atoms with E-state index < -0.39 is 5.82 Å². The largest absolute Gasteiger partial charge is 0.389 e. The number of carbonyl (C=O) groups excluding carboxylic acids is 1. The monoisotopic (exact) mass is 267 g/mol. The van der Waals surface area contributed by atoms with E-state index >= 15 is 0 Å². The van der Waals surface area contributed by atoms with Gasteiger partial charge >= 0.3 is 0 Å². The van der Waals surface area contributed by atoms with Gasteiger partial charge in [-0.05, 0) is 31.0 Å². The fourth-order valence-corrected chi connectivity index (χ4v) is 1.73. The van der Waals surface area contributed by atoms with Crippen LogP contribution in [-0.2, 0) is 4.79 Å². The molecular weight excluding hydrogens is 253 g/mol. The van der Waals surface area contributed by atoms with Gasteiger partial charge in [0.15, 0.2) is 0 Å². The normalized spacial score (nSPS) is 14.1. The molecule has 4 N–H and O–H groups in total. The average Bonchev–Trinajstić information content (AvgIpc) is 3.11. The number of thiocarbonyl (C=S) groups is 1. The number of benzene rings is 1. The van der Waals surface area contributed by atoms with Gasteiger partial charge in [-0.25, -0.2) is 4.39 Å². The van der Waals surface area contributed by atoms with Crippen LogP contribution in [0.15, 0.2) is 18.2 Å². The van der Waals surface area contributed by atoms with Gasteiger partial charge in [-0.15, -0.1) is 0 Å². The van der Waals surface area contributed by atoms with E-state index in [0.29, 0.717) is 17.3 Å². The molecule has 6 heteroatoms. The maximum atomic E-state index is 13.1. The second kappa shape index (κ2) is 5.30. The predicted molar refractivity (Wildman–Crippen MR) is 71.9 cm³/mol. The molecule has 18 heavy (non-hydrogen) atoms. The van der Waals surface area contributed by atoms with Crippen molar-refractivity contribution in [2.45, 2.75) is 18.9 Å². The van der Waals surface area contributed by atoms with Crippen LogP contribution < -0.4 is 16.4 Å². The number of nitrogens with two attached hydrogens (primary N) is 1. The van der Waals surface area contributed by atoms with Crippen molar-refractivity contribution in [2.24, 2.45) is 5.73 Å². The Morgan fingerprint density at radius 1 is 1.50 bits per heavy atom. The molecule has 0 radical (unpaired) electrons. The molecule has 0 spiro atoms. The maximum Gasteiger partial charge on any atom is 0.239 e. The Balaban J connectivity index is 1.99. The molecule has 96 valence electrons. The quantitative estimate of drug-likeness (QED) is 0.700. The van der Waals surface area contributed by atoms with Crippen LogP contribution in [0.4, 0.5) is 10.1 Å². The lowest BCUT2D eigenvalue weighted by atomic mass is 10.1. The first-order valence-corrected chi connectivity index (χ1v) is 6.09. The van der Waals surface area contributed by atoms with Gasteiger partial charge in [0.05, 0.1) is 6.54 Å². The number of nitrogens with one attached hydrogen (secondary N) is 2. The Hall–Kier alpha value is -1.69. The topological polar surface area (TPSA) is 67.1 Å². The van der Waals surface area contributed by atoms with E-state index in [1.807, 2.05) is 0 Å². The van der Waals surface area contributed by atoms with E-state index in [1.54, 1.807) is 0 Å². The van der Waals surface area contributed by atoms with Gasteiger partial charge in [0.1, 0.15) is 10.8 Å². The predicted octanol–water partition coefficient (Wildman–Crippen LogP) is 1.15. The first-order valence-electron chi connectivity index (χ1n) is 5.69. The molecule has 1 amide bonds. The molecule has 0 bridgehead atoms. The molecule has 0 aliphatic heterocycles. The first kappa shape index (κ1) is 12.8. The summed E-state index contributed by atoms with van der Waals surface area (Å²) in [7, 11) is 0. The molecule has 1 saturated carbocycles. The molecule has 4 nitrogen and oxygen atoms in total. The highest BCUT2D eigenvalue weighted by molar-refractivity contribution is 7.80. The second-order valence-corrected chi connectivity index (χ2v) is 4.69. The number of halogens is 1. The van der Waals surface area contributed by atoms with Crippen molar-refractivity contribution < 1.29 is 9.18 Å². The molecule has 0 unspecified atom stereocenters. The number of amides is 1. The molecule has 1 aliphatic rings. The Labute approximate surface area is 110 Å². The first-order chi connectivity index (χ1) is 8.56. The van der Waals surface area contributed by atoms with Crippen LogP contribution in [0.25, 0.3) is 0 Å². The third-order valence-corrected chi connectivity index (χ3v) is 2.85. The maximum absolute atomic E-state index is 13.1. The second-order valence-electron chi connectivity index (χ2n) is 4.25. The van der Waals surface area contributed by atoms with Crippen molar-refractivity contribution in [1.82, 2.24) is 5.32 Å². The Morgan fingerprint density at radius 2 is 2.22 bits per heavy atom. The minimum atomic E-state index is -0.411. The van der Waals surface area contributed by atoms with Gasteiger partial charge in [0.2, 0.25) is 5.91 Å². The van der Waals surface area contributed by atoms with Crippen LogP contribution in [0, 0.1) is 5.82 Å². The smallest absolute Gasteiger partial charge is 0.239 e. The molecular formula is C12H14FN3OS. The van der Waals surface area contributed by atoms with Crippen LogP contribution in [-0.4, -0.2) is 23.5 Å². The number of anilines is 1. The Bertz CT molecular complexity index is 488. The minimum Gasteiger partial charge on any atom is -0.389 e. The van der Waals surface area contributed by atoms with E-state index in [9.17, 15) is 9.18 Å². The molecule has 0 saturated heterocycles. The van der Waals surface area contributed by atoms with Crippen molar-refractivity contribution in [2.75, 3.05) is 11.9 Å². The number of carbonyl (C=O) groups is 1. The molecule has 2 rings (SSSR count). The molecule has 1 aromatic carbocycles. The summed E-state index contributed by atoms with van der Waals surface area (Å²) in [4.78, 5) is 11.6. The van der Waals surface area contributed by atoms with Gasteiger partial charge in [-0.3, -0.25) is 4.79 Å². The third kappa shape index (κ3) is 3.40. The van der Waals surface area contributed by atoms with Crippen molar-refractivity contribution in [3.05, 3.63) is 29.6 Å². The zero-order valence-electron chi connectivity index (χ0n) is 9.70. The SMILES string of the molecule is NC(=S)c1cc(F)ccc1NCC(=O)NC1CC1. The summed E-state index contributed by atoms with van der Waals surface area (Å²) < 4.78 is 13.1. The van der Waals surface area contributed by atoms with E-state index in [0.717, 1.165) is 12.8 Å². The van der Waals surface area contributed by atoms with Gasteiger partial charge < -0.3 is 16.4 Å². The Kier molecular flexibility index (Phi) is 3.76. The molecule has 1 aromatic rings. The standard InChI is InChI=1S/C12H14FN3OS/c13-7-1-4-10(9(5-7)12(14)18)15-6-11(17)16-8-2-3-8/h1,4-5,8,15H,2-3,6H2,(H2,14,18)(H,16,17). The minimum absolute atomic E-state index is 0.0873. The lowest BCUT2D eigenvalue weighted by Gasteiger charge is -2.11. The lowest BCUT2D eigenvalue weighted by molar-refractivity contribution is -0.119. The zero-order chi connectivity index (χ0) is 13.1. The number of hydrogen-bond acceptors (Lipinski definition) is 3. The summed E-state index contributed by atoms with van der Waals surface area (Å²) in [5, 5.41) is 5.75. The molecule has 0 aromatic heterocycles. The van der Waals surface area contributed by atoms with Crippen LogP contribution in [0.5, 0.6) is 0 Å². The fourth-order valence-electron chi connectivity index (χ4n) is 1.56. The van der Waals surface area contributed by atoms with Crippen LogP contribution in [0.1, 0.15) is 18.4 Å². The summed E-state index contributed by atoms with van der Waals surface area (Å²) in [6.45, 7) is 0.123. The van der Waals surface area contributed by atoms with E-state index in [1.165, 1.54) is 18.2 Å². The van der Waals surface area contributed by atoms with Gasteiger partial charge in [-0.2, -0.15) is 0 Å². The van der Waals surface area contributed by atoms with Gasteiger partial charge in [-0.1, -0.05) is 12.2 Å². The number of rotatable bonds is 5. The highest BCUT2D eigenvalue weighted by atomic mass is 32.1. The van der Waals surface area contributed by atoms with E-state index in [-0.39, 0.29) is 17.4 Å². The third-order valence-electron chi connectivity index (χ3n) is 2.63. The summed E-state index contributed by atoms with van der Waals surface area (Å²) >= 11 is 4.84. The van der Waals surface area contributed by atoms with Crippen LogP contribution in [0.2, 0.25) is 0 Å². The summed E-state index contributed by atoms with van der Waals surface area (Å²) in [6.07, 6.45) is 2.08. The van der Waals surface area contributed by atoms with Crippen LogP contribution in [0.3, 0.4) is 0 Å². The van der Waals surface area contributed by atoms with Gasteiger partial charge in [0.25, 0.3) is 0 Å².